The molecule has 0 bridgehead atoms. The Morgan fingerprint density at radius 2 is 1.84 bits per heavy atom. The topological polar surface area (TPSA) is 98.1 Å². The summed E-state index contributed by atoms with van der Waals surface area (Å²) in [5.41, 5.74) is 0.883. The molecule has 1 unspecified atom stereocenters. The summed E-state index contributed by atoms with van der Waals surface area (Å²) < 4.78 is 5.06. The van der Waals surface area contributed by atoms with Crippen LogP contribution in [0.25, 0.3) is 0 Å². The number of amides is 2. The van der Waals surface area contributed by atoms with E-state index in [1.807, 2.05) is 44.2 Å². The second kappa shape index (κ2) is 9.41. The van der Waals surface area contributed by atoms with Crippen molar-refractivity contribution in [3.63, 3.8) is 0 Å². The lowest BCUT2D eigenvalue weighted by Gasteiger charge is -2.21. The Bertz CT molecular complexity index is 658. The standard InChI is InChI=1S/C17H23N5O3/c1-13(2)15(11-22-19-8-9-20-22)21-16(23)10-18-17(24)25-12-14-6-4-3-5-7-14/h3-9,13,15H,10-12H2,1-2H3,(H,18,24)(H,21,23). The van der Waals surface area contributed by atoms with Crippen LogP contribution in [0.3, 0.4) is 0 Å². The third kappa shape index (κ3) is 6.62. The molecule has 0 radical (unpaired) electrons. The SMILES string of the molecule is CC(C)C(Cn1nccn1)NC(=O)CNC(=O)OCc1ccccc1. The fourth-order valence-corrected chi connectivity index (χ4v) is 2.12. The lowest BCUT2D eigenvalue weighted by molar-refractivity contribution is -0.121. The van der Waals surface area contributed by atoms with Crippen molar-refractivity contribution in [2.45, 2.75) is 33.0 Å². The van der Waals surface area contributed by atoms with E-state index < -0.39 is 6.09 Å². The first-order chi connectivity index (χ1) is 12.0. The van der Waals surface area contributed by atoms with Crippen molar-refractivity contribution in [2.75, 3.05) is 6.54 Å². The molecule has 1 aromatic carbocycles. The summed E-state index contributed by atoms with van der Waals surface area (Å²) in [7, 11) is 0. The van der Waals surface area contributed by atoms with Crippen LogP contribution in [0.1, 0.15) is 19.4 Å². The third-order valence-corrected chi connectivity index (χ3v) is 3.58. The third-order valence-electron chi connectivity index (χ3n) is 3.58. The smallest absolute Gasteiger partial charge is 0.407 e. The van der Waals surface area contributed by atoms with Gasteiger partial charge < -0.3 is 15.4 Å². The fraction of sp³-hybridized carbons (Fsp3) is 0.412. The van der Waals surface area contributed by atoms with Crippen molar-refractivity contribution in [1.82, 2.24) is 25.6 Å². The molecule has 2 aromatic rings. The van der Waals surface area contributed by atoms with E-state index in [0.29, 0.717) is 6.54 Å². The van der Waals surface area contributed by atoms with Gasteiger partial charge in [0.05, 0.1) is 25.0 Å². The Labute approximate surface area is 146 Å². The van der Waals surface area contributed by atoms with E-state index in [0.717, 1.165) is 5.56 Å². The summed E-state index contributed by atoms with van der Waals surface area (Å²) in [5.74, 6) is -0.0949. The summed E-state index contributed by atoms with van der Waals surface area (Å²) in [6.45, 7) is 4.47. The fourth-order valence-electron chi connectivity index (χ4n) is 2.12. The molecule has 0 aliphatic rings. The van der Waals surface area contributed by atoms with E-state index in [1.165, 1.54) is 4.80 Å². The van der Waals surface area contributed by atoms with Crippen molar-refractivity contribution >= 4 is 12.0 Å². The minimum Gasteiger partial charge on any atom is -0.445 e. The first kappa shape index (κ1) is 18.4. The average Bonchev–Trinajstić information content (AvgIpc) is 3.11. The molecule has 0 spiro atoms. The van der Waals surface area contributed by atoms with E-state index in [2.05, 4.69) is 20.8 Å². The molecule has 1 atom stereocenters. The van der Waals surface area contributed by atoms with Gasteiger partial charge in [-0.25, -0.2) is 4.79 Å². The number of hydrogen-bond donors (Lipinski definition) is 2. The molecule has 8 heteroatoms. The highest BCUT2D eigenvalue weighted by Gasteiger charge is 2.18. The van der Waals surface area contributed by atoms with Crippen LogP contribution in [0.15, 0.2) is 42.7 Å². The maximum atomic E-state index is 12.0. The Hall–Kier alpha value is -2.90. The molecule has 1 heterocycles. The molecule has 0 aliphatic heterocycles. The quantitative estimate of drug-likeness (QED) is 0.752. The molecule has 25 heavy (non-hydrogen) atoms. The molecule has 2 rings (SSSR count). The second-order valence-electron chi connectivity index (χ2n) is 5.92. The lowest BCUT2D eigenvalue weighted by Crippen LogP contribution is -2.46. The van der Waals surface area contributed by atoms with Gasteiger partial charge in [-0.2, -0.15) is 15.0 Å². The van der Waals surface area contributed by atoms with Gasteiger partial charge in [-0.1, -0.05) is 44.2 Å². The monoisotopic (exact) mass is 345 g/mol. The largest absolute Gasteiger partial charge is 0.445 e. The molecule has 8 nitrogen and oxygen atoms in total. The van der Waals surface area contributed by atoms with E-state index >= 15 is 0 Å². The predicted molar refractivity (Wildman–Crippen MR) is 91.4 cm³/mol. The van der Waals surface area contributed by atoms with Gasteiger partial charge in [-0.3, -0.25) is 4.79 Å². The molecule has 2 N–H and O–H groups in total. The van der Waals surface area contributed by atoms with Crippen molar-refractivity contribution in [3.05, 3.63) is 48.3 Å². The molecular weight excluding hydrogens is 322 g/mol. The zero-order valence-corrected chi connectivity index (χ0v) is 14.4. The minimum absolute atomic E-state index is 0.137. The maximum Gasteiger partial charge on any atom is 0.407 e. The Balaban J connectivity index is 1.71. The predicted octanol–water partition coefficient (Wildman–Crippen LogP) is 1.35. The summed E-state index contributed by atoms with van der Waals surface area (Å²) in [6.07, 6.45) is 2.54. The highest BCUT2D eigenvalue weighted by atomic mass is 16.5. The average molecular weight is 345 g/mol. The van der Waals surface area contributed by atoms with Gasteiger partial charge in [0.1, 0.15) is 13.2 Å². The molecule has 0 fully saturated rings. The lowest BCUT2D eigenvalue weighted by atomic mass is 10.0. The Morgan fingerprint density at radius 1 is 1.16 bits per heavy atom. The van der Waals surface area contributed by atoms with Crippen molar-refractivity contribution < 1.29 is 14.3 Å². The maximum absolute atomic E-state index is 12.0. The molecule has 1 aromatic heterocycles. The van der Waals surface area contributed by atoms with Crippen molar-refractivity contribution in [1.29, 1.82) is 0 Å². The summed E-state index contributed by atoms with van der Waals surface area (Å²) in [5, 5.41) is 13.4. The van der Waals surface area contributed by atoms with Crippen LogP contribution in [0.4, 0.5) is 4.79 Å². The van der Waals surface area contributed by atoms with Crippen LogP contribution in [-0.4, -0.2) is 39.6 Å². The summed E-state index contributed by atoms with van der Waals surface area (Å²) in [6, 6.07) is 9.20. The van der Waals surface area contributed by atoms with E-state index in [-0.39, 0.29) is 31.0 Å². The minimum atomic E-state index is -0.631. The number of ether oxygens (including phenoxy) is 1. The van der Waals surface area contributed by atoms with Gasteiger partial charge in [0, 0.05) is 0 Å². The van der Waals surface area contributed by atoms with Gasteiger partial charge in [-0.05, 0) is 11.5 Å². The van der Waals surface area contributed by atoms with Crippen molar-refractivity contribution in [3.8, 4) is 0 Å². The number of hydrogen-bond acceptors (Lipinski definition) is 5. The summed E-state index contributed by atoms with van der Waals surface area (Å²) in [4.78, 5) is 25.2. The first-order valence-electron chi connectivity index (χ1n) is 8.12. The highest BCUT2D eigenvalue weighted by molar-refractivity contribution is 5.82. The van der Waals surface area contributed by atoms with Gasteiger partial charge >= 0.3 is 6.09 Å². The van der Waals surface area contributed by atoms with Crippen LogP contribution >= 0.6 is 0 Å². The van der Waals surface area contributed by atoms with Crippen LogP contribution in [0.5, 0.6) is 0 Å². The zero-order chi connectivity index (χ0) is 18.1. The number of aromatic nitrogens is 3. The van der Waals surface area contributed by atoms with Crippen LogP contribution in [0, 0.1) is 5.92 Å². The van der Waals surface area contributed by atoms with E-state index in [4.69, 9.17) is 4.74 Å². The van der Waals surface area contributed by atoms with Crippen LogP contribution in [-0.2, 0) is 22.7 Å². The van der Waals surface area contributed by atoms with Gasteiger partial charge in [0.2, 0.25) is 5.91 Å². The Morgan fingerprint density at radius 3 is 2.48 bits per heavy atom. The molecule has 2 amide bonds. The molecule has 0 saturated carbocycles. The molecule has 134 valence electrons. The number of carbonyl (C=O) groups is 2. The van der Waals surface area contributed by atoms with E-state index in [9.17, 15) is 9.59 Å². The van der Waals surface area contributed by atoms with E-state index in [1.54, 1.807) is 12.4 Å². The number of rotatable bonds is 8. The zero-order valence-electron chi connectivity index (χ0n) is 14.4. The molecule has 0 aliphatic carbocycles. The molecular formula is C17H23N5O3. The highest BCUT2D eigenvalue weighted by Crippen LogP contribution is 2.04. The molecule has 0 saturated heterocycles. The summed E-state index contributed by atoms with van der Waals surface area (Å²) >= 11 is 0. The second-order valence-corrected chi connectivity index (χ2v) is 5.92. The normalized spacial score (nSPS) is 11.8. The van der Waals surface area contributed by atoms with Crippen LogP contribution < -0.4 is 10.6 Å². The van der Waals surface area contributed by atoms with Crippen molar-refractivity contribution in [2.24, 2.45) is 5.92 Å². The van der Waals surface area contributed by atoms with Gasteiger partial charge in [0.25, 0.3) is 0 Å². The number of alkyl carbamates (subject to hydrolysis) is 1. The van der Waals surface area contributed by atoms with Gasteiger partial charge in [-0.15, -0.1) is 0 Å². The first-order valence-corrected chi connectivity index (χ1v) is 8.12. The number of nitrogens with zero attached hydrogens (tertiary/aromatic N) is 3. The number of benzene rings is 1. The number of nitrogens with one attached hydrogen (secondary N) is 2. The number of carbonyl (C=O) groups excluding carboxylic acids is 2. The van der Waals surface area contributed by atoms with Gasteiger partial charge in [0.15, 0.2) is 0 Å². The Kier molecular flexibility index (Phi) is 6.94. The van der Waals surface area contributed by atoms with Crippen LogP contribution in [0.2, 0.25) is 0 Å².